The van der Waals surface area contributed by atoms with Crippen LogP contribution in [0.25, 0.3) is 0 Å². The van der Waals surface area contributed by atoms with Crippen LogP contribution in [0, 0.1) is 6.92 Å². The van der Waals surface area contributed by atoms with Gasteiger partial charge in [-0.05, 0) is 36.6 Å². The number of anilines is 3. The van der Waals surface area contributed by atoms with Crippen molar-refractivity contribution in [3.63, 3.8) is 0 Å². The molecule has 3 rings (SSSR count). The number of para-hydroxylation sites is 1. The minimum atomic E-state index is -0.282. The fourth-order valence-corrected chi connectivity index (χ4v) is 2.59. The van der Waals surface area contributed by atoms with Gasteiger partial charge in [0.15, 0.2) is 0 Å². The summed E-state index contributed by atoms with van der Waals surface area (Å²) in [4.78, 5) is 20.8. The minimum Gasteiger partial charge on any atom is -0.339 e. The first-order chi connectivity index (χ1) is 12.5. The standard InChI is InChI=1S/C21H22N4O/c1-14(2)17-6-4-5-7-18(17)25-20-13-22-19(12-23-20)21(26)24-16-10-8-15(3)9-11-16/h4-14H,1-3H3,(H,23,25)(H,24,26). The Kier molecular flexibility index (Phi) is 5.27. The topological polar surface area (TPSA) is 66.9 Å². The molecule has 1 amide bonds. The molecule has 0 aliphatic heterocycles. The molecule has 0 bridgehead atoms. The van der Waals surface area contributed by atoms with Gasteiger partial charge in [-0.2, -0.15) is 0 Å². The highest BCUT2D eigenvalue weighted by atomic mass is 16.1. The second kappa shape index (κ2) is 7.78. The van der Waals surface area contributed by atoms with Crippen molar-refractivity contribution < 1.29 is 4.79 Å². The number of aromatic nitrogens is 2. The minimum absolute atomic E-state index is 0.272. The summed E-state index contributed by atoms with van der Waals surface area (Å²) >= 11 is 0. The monoisotopic (exact) mass is 346 g/mol. The van der Waals surface area contributed by atoms with E-state index in [0.29, 0.717) is 11.7 Å². The fraction of sp³-hybridized carbons (Fsp3) is 0.190. The molecule has 0 aliphatic rings. The van der Waals surface area contributed by atoms with E-state index in [9.17, 15) is 4.79 Å². The predicted octanol–water partition coefficient (Wildman–Crippen LogP) is 4.90. The highest BCUT2D eigenvalue weighted by molar-refractivity contribution is 6.02. The van der Waals surface area contributed by atoms with Gasteiger partial charge in [0.2, 0.25) is 0 Å². The van der Waals surface area contributed by atoms with Crippen LogP contribution in [0.4, 0.5) is 17.2 Å². The molecule has 26 heavy (non-hydrogen) atoms. The number of hydrogen-bond acceptors (Lipinski definition) is 4. The van der Waals surface area contributed by atoms with Gasteiger partial charge >= 0.3 is 0 Å². The third kappa shape index (κ3) is 4.25. The van der Waals surface area contributed by atoms with Crippen LogP contribution in [0.5, 0.6) is 0 Å². The Hall–Kier alpha value is -3.21. The van der Waals surface area contributed by atoms with Crippen LogP contribution < -0.4 is 10.6 Å². The Balaban J connectivity index is 1.70. The molecule has 0 spiro atoms. The van der Waals surface area contributed by atoms with Gasteiger partial charge in [-0.1, -0.05) is 49.7 Å². The highest BCUT2D eigenvalue weighted by Gasteiger charge is 2.10. The number of benzene rings is 2. The highest BCUT2D eigenvalue weighted by Crippen LogP contribution is 2.25. The lowest BCUT2D eigenvalue weighted by atomic mass is 10.0. The lowest BCUT2D eigenvalue weighted by Gasteiger charge is -2.13. The zero-order valence-electron chi connectivity index (χ0n) is 15.2. The molecule has 0 saturated carbocycles. The second-order valence-corrected chi connectivity index (χ2v) is 6.47. The predicted molar refractivity (Wildman–Crippen MR) is 105 cm³/mol. The zero-order valence-corrected chi connectivity index (χ0v) is 15.2. The van der Waals surface area contributed by atoms with E-state index < -0.39 is 0 Å². The van der Waals surface area contributed by atoms with Crippen LogP contribution in [0.2, 0.25) is 0 Å². The van der Waals surface area contributed by atoms with Gasteiger partial charge in [-0.3, -0.25) is 4.79 Å². The van der Waals surface area contributed by atoms with Crippen molar-refractivity contribution in [3.8, 4) is 0 Å². The van der Waals surface area contributed by atoms with Crippen molar-refractivity contribution in [3.05, 3.63) is 77.7 Å². The molecule has 132 valence electrons. The van der Waals surface area contributed by atoms with Gasteiger partial charge in [-0.25, -0.2) is 9.97 Å². The molecule has 0 radical (unpaired) electrons. The maximum absolute atomic E-state index is 12.3. The smallest absolute Gasteiger partial charge is 0.275 e. The average molecular weight is 346 g/mol. The number of rotatable bonds is 5. The third-order valence-electron chi connectivity index (χ3n) is 4.04. The second-order valence-electron chi connectivity index (χ2n) is 6.47. The van der Waals surface area contributed by atoms with E-state index in [1.54, 1.807) is 6.20 Å². The van der Waals surface area contributed by atoms with E-state index >= 15 is 0 Å². The van der Waals surface area contributed by atoms with Gasteiger partial charge in [0.1, 0.15) is 11.5 Å². The molecule has 2 aromatic carbocycles. The Bertz CT molecular complexity index is 887. The van der Waals surface area contributed by atoms with Crippen molar-refractivity contribution in [1.82, 2.24) is 9.97 Å². The summed E-state index contributed by atoms with van der Waals surface area (Å²) in [6.45, 7) is 6.29. The van der Waals surface area contributed by atoms with Crippen LogP contribution in [0.15, 0.2) is 60.9 Å². The first-order valence-corrected chi connectivity index (χ1v) is 8.59. The summed E-state index contributed by atoms with van der Waals surface area (Å²) < 4.78 is 0. The Morgan fingerprint density at radius 2 is 1.69 bits per heavy atom. The van der Waals surface area contributed by atoms with Crippen molar-refractivity contribution in [1.29, 1.82) is 0 Å². The molecule has 1 heterocycles. The number of amides is 1. The molecule has 1 aromatic heterocycles. The molecule has 0 fully saturated rings. The Morgan fingerprint density at radius 1 is 0.962 bits per heavy atom. The van der Waals surface area contributed by atoms with Crippen molar-refractivity contribution >= 4 is 23.1 Å². The lowest BCUT2D eigenvalue weighted by Crippen LogP contribution is -2.14. The van der Waals surface area contributed by atoms with Crippen LogP contribution in [0.1, 0.15) is 41.4 Å². The van der Waals surface area contributed by atoms with E-state index in [4.69, 9.17) is 0 Å². The van der Waals surface area contributed by atoms with Crippen molar-refractivity contribution in [2.75, 3.05) is 10.6 Å². The van der Waals surface area contributed by atoms with E-state index in [2.05, 4.69) is 40.5 Å². The molecule has 0 unspecified atom stereocenters. The van der Waals surface area contributed by atoms with Gasteiger partial charge in [0.25, 0.3) is 5.91 Å². The molecule has 3 aromatic rings. The molecule has 0 saturated heterocycles. The average Bonchev–Trinajstić information content (AvgIpc) is 2.64. The van der Waals surface area contributed by atoms with Crippen LogP contribution >= 0.6 is 0 Å². The van der Waals surface area contributed by atoms with Crippen LogP contribution in [0.3, 0.4) is 0 Å². The summed E-state index contributed by atoms with van der Waals surface area (Å²) in [5, 5.41) is 6.09. The summed E-state index contributed by atoms with van der Waals surface area (Å²) in [5.41, 5.74) is 4.34. The number of hydrogen-bond donors (Lipinski definition) is 2. The molecule has 5 nitrogen and oxygen atoms in total. The summed E-state index contributed by atoms with van der Waals surface area (Å²) in [5.74, 6) is 0.715. The molecular weight excluding hydrogens is 324 g/mol. The first-order valence-electron chi connectivity index (χ1n) is 8.59. The maximum atomic E-state index is 12.3. The number of nitrogens with zero attached hydrogens (tertiary/aromatic N) is 2. The summed E-state index contributed by atoms with van der Waals surface area (Å²) in [7, 11) is 0. The molecule has 2 N–H and O–H groups in total. The summed E-state index contributed by atoms with van der Waals surface area (Å²) in [6.07, 6.45) is 3.05. The van der Waals surface area contributed by atoms with Crippen molar-refractivity contribution in [2.24, 2.45) is 0 Å². The molecular formula is C21H22N4O. The fourth-order valence-electron chi connectivity index (χ4n) is 2.59. The maximum Gasteiger partial charge on any atom is 0.275 e. The third-order valence-corrected chi connectivity index (χ3v) is 4.04. The molecule has 0 aliphatic carbocycles. The number of aryl methyl sites for hydroxylation is 1. The van der Waals surface area contributed by atoms with E-state index in [1.165, 1.54) is 11.8 Å². The summed E-state index contributed by atoms with van der Waals surface area (Å²) in [6, 6.07) is 15.7. The lowest BCUT2D eigenvalue weighted by molar-refractivity contribution is 0.102. The van der Waals surface area contributed by atoms with Gasteiger partial charge in [0.05, 0.1) is 12.4 Å². The normalized spacial score (nSPS) is 10.6. The number of carbonyl (C=O) groups excluding carboxylic acids is 1. The quantitative estimate of drug-likeness (QED) is 0.689. The van der Waals surface area contributed by atoms with Crippen LogP contribution in [-0.2, 0) is 0 Å². The van der Waals surface area contributed by atoms with Gasteiger partial charge < -0.3 is 10.6 Å². The largest absolute Gasteiger partial charge is 0.339 e. The number of nitrogens with one attached hydrogen (secondary N) is 2. The van der Waals surface area contributed by atoms with Gasteiger partial charge in [0, 0.05) is 11.4 Å². The molecule has 0 atom stereocenters. The first kappa shape index (κ1) is 17.6. The van der Waals surface area contributed by atoms with E-state index in [-0.39, 0.29) is 11.6 Å². The SMILES string of the molecule is Cc1ccc(NC(=O)c2cnc(Nc3ccccc3C(C)C)cn2)cc1. The van der Waals surface area contributed by atoms with Crippen LogP contribution in [-0.4, -0.2) is 15.9 Å². The van der Waals surface area contributed by atoms with E-state index in [1.807, 2.05) is 49.4 Å². The van der Waals surface area contributed by atoms with Gasteiger partial charge in [-0.15, -0.1) is 0 Å². The Labute approximate surface area is 153 Å². The molecule has 5 heteroatoms. The van der Waals surface area contributed by atoms with Crippen molar-refractivity contribution in [2.45, 2.75) is 26.7 Å². The Morgan fingerprint density at radius 3 is 2.35 bits per heavy atom. The zero-order chi connectivity index (χ0) is 18.5. The van der Waals surface area contributed by atoms with E-state index in [0.717, 1.165) is 16.9 Å². The number of carbonyl (C=O) groups is 1.